The average molecular weight is 461 g/mol. The summed E-state index contributed by atoms with van der Waals surface area (Å²) >= 11 is 0. The van der Waals surface area contributed by atoms with Gasteiger partial charge >= 0.3 is 0 Å². The third-order valence-electron chi connectivity index (χ3n) is 4.31. The number of guanidine groups is 1. The summed E-state index contributed by atoms with van der Waals surface area (Å²) in [6.07, 6.45) is 2.50. The van der Waals surface area contributed by atoms with Crippen LogP contribution in [0.25, 0.3) is 0 Å². The zero-order chi connectivity index (χ0) is 17.2. The fourth-order valence-corrected chi connectivity index (χ4v) is 2.75. The van der Waals surface area contributed by atoms with Crippen molar-refractivity contribution in [3.63, 3.8) is 0 Å². The van der Waals surface area contributed by atoms with E-state index in [9.17, 15) is 0 Å². The van der Waals surface area contributed by atoms with Crippen LogP contribution in [0.15, 0.2) is 29.3 Å². The molecule has 0 spiro atoms. The second-order valence-corrected chi connectivity index (χ2v) is 6.32. The molecule has 0 aromatic heterocycles. The zero-order valence-corrected chi connectivity index (χ0v) is 18.0. The number of halogens is 1. The first kappa shape index (κ1) is 22.0. The van der Waals surface area contributed by atoms with Gasteiger partial charge in [0.1, 0.15) is 12.4 Å². The second-order valence-electron chi connectivity index (χ2n) is 6.32. The van der Waals surface area contributed by atoms with Gasteiger partial charge in [0.25, 0.3) is 0 Å². The van der Waals surface area contributed by atoms with E-state index in [4.69, 9.17) is 14.5 Å². The number of benzene rings is 1. The molecule has 1 aromatic rings. The number of likely N-dealkylation sites (tertiary alicyclic amines) is 1. The average Bonchev–Trinajstić information content (AvgIpc) is 2.61. The van der Waals surface area contributed by atoms with Crippen molar-refractivity contribution < 1.29 is 9.47 Å². The molecule has 25 heavy (non-hydrogen) atoms. The molecule has 1 N–H and O–H groups in total. The molecule has 6 heteroatoms. The highest BCUT2D eigenvalue weighted by Gasteiger charge is 2.18. The van der Waals surface area contributed by atoms with Crippen LogP contribution in [0.2, 0.25) is 0 Å². The first-order valence-electron chi connectivity index (χ1n) is 8.97. The molecule has 0 amide bonds. The van der Waals surface area contributed by atoms with E-state index in [1.54, 1.807) is 7.11 Å². The lowest BCUT2D eigenvalue weighted by Crippen LogP contribution is -2.45. The molecular formula is C19H32IN3O2. The number of hydrogen-bond donors (Lipinski definition) is 1. The van der Waals surface area contributed by atoms with Crippen LogP contribution >= 0.6 is 24.0 Å². The zero-order valence-electron chi connectivity index (χ0n) is 15.7. The Morgan fingerprint density at radius 3 is 2.48 bits per heavy atom. The van der Waals surface area contributed by atoms with Crippen LogP contribution in [0, 0.1) is 5.92 Å². The SMILES string of the molecule is CCNC(=NCc1ccc(OCCOC)cc1)N1CCC(C)CC1.I. The lowest BCUT2D eigenvalue weighted by atomic mass is 10.00. The molecule has 142 valence electrons. The topological polar surface area (TPSA) is 46.1 Å². The summed E-state index contributed by atoms with van der Waals surface area (Å²) in [7, 11) is 1.68. The molecule has 1 saturated heterocycles. The molecule has 0 aliphatic carbocycles. The highest BCUT2D eigenvalue weighted by Crippen LogP contribution is 2.17. The van der Waals surface area contributed by atoms with Gasteiger partial charge in [-0.2, -0.15) is 0 Å². The number of aliphatic imine (C=N–C) groups is 1. The molecule has 1 aromatic carbocycles. The fraction of sp³-hybridized carbons (Fsp3) is 0.632. The molecule has 5 nitrogen and oxygen atoms in total. The summed E-state index contributed by atoms with van der Waals surface area (Å²) in [6.45, 7) is 9.41. The van der Waals surface area contributed by atoms with Crippen molar-refractivity contribution in [1.29, 1.82) is 0 Å². The minimum atomic E-state index is 0. The molecule has 0 radical (unpaired) electrons. The fourth-order valence-electron chi connectivity index (χ4n) is 2.75. The van der Waals surface area contributed by atoms with Crippen molar-refractivity contribution in [3.8, 4) is 5.75 Å². The normalized spacial score (nSPS) is 15.6. The molecule has 1 aliphatic rings. The summed E-state index contributed by atoms with van der Waals surface area (Å²) < 4.78 is 10.6. The Morgan fingerprint density at radius 1 is 1.20 bits per heavy atom. The first-order valence-corrected chi connectivity index (χ1v) is 8.97. The maximum Gasteiger partial charge on any atom is 0.194 e. The Morgan fingerprint density at radius 2 is 1.88 bits per heavy atom. The minimum Gasteiger partial charge on any atom is -0.491 e. The molecule has 1 heterocycles. The Hall–Kier alpha value is -1.02. The molecule has 0 atom stereocenters. The van der Waals surface area contributed by atoms with E-state index in [0.717, 1.165) is 37.3 Å². The van der Waals surface area contributed by atoms with Crippen molar-refractivity contribution in [3.05, 3.63) is 29.8 Å². The molecule has 2 rings (SSSR count). The van der Waals surface area contributed by atoms with Crippen LogP contribution in [0.5, 0.6) is 5.75 Å². The summed E-state index contributed by atoms with van der Waals surface area (Å²) in [6, 6.07) is 8.15. The number of nitrogens with zero attached hydrogens (tertiary/aromatic N) is 2. The molecule has 1 aliphatic heterocycles. The minimum absolute atomic E-state index is 0. The molecule has 0 bridgehead atoms. The predicted octanol–water partition coefficient (Wildman–Crippen LogP) is 3.53. The molecule has 0 saturated carbocycles. The quantitative estimate of drug-likeness (QED) is 0.292. The van der Waals surface area contributed by atoms with Gasteiger partial charge in [-0.3, -0.25) is 0 Å². The van der Waals surface area contributed by atoms with E-state index < -0.39 is 0 Å². The van der Waals surface area contributed by atoms with Crippen molar-refractivity contribution in [2.75, 3.05) is 40.0 Å². The Bertz CT molecular complexity index is 500. The van der Waals surface area contributed by atoms with Crippen LogP contribution in [0.1, 0.15) is 32.3 Å². The molecular weight excluding hydrogens is 429 g/mol. The Balaban J connectivity index is 0.00000312. The maximum absolute atomic E-state index is 5.59. The van der Waals surface area contributed by atoms with E-state index >= 15 is 0 Å². The van der Waals surface area contributed by atoms with E-state index in [-0.39, 0.29) is 24.0 Å². The standard InChI is InChI=1S/C19H31N3O2.HI/c1-4-20-19(22-11-9-16(2)10-12-22)21-15-17-5-7-18(8-6-17)24-14-13-23-3;/h5-8,16H,4,9-15H2,1-3H3,(H,20,21);1H. The summed E-state index contributed by atoms with van der Waals surface area (Å²) in [5, 5.41) is 3.42. The van der Waals surface area contributed by atoms with E-state index in [1.807, 2.05) is 12.1 Å². The van der Waals surface area contributed by atoms with Gasteiger partial charge in [0.2, 0.25) is 0 Å². The first-order chi connectivity index (χ1) is 11.7. The Kier molecular flexibility index (Phi) is 10.9. The molecule has 1 fully saturated rings. The van der Waals surface area contributed by atoms with Crippen molar-refractivity contribution >= 4 is 29.9 Å². The van der Waals surface area contributed by atoms with Crippen LogP contribution in [-0.2, 0) is 11.3 Å². The van der Waals surface area contributed by atoms with Gasteiger partial charge in [-0.15, -0.1) is 24.0 Å². The van der Waals surface area contributed by atoms with E-state index in [2.05, 4.69) is 36.2 Å². The number of hydrogen-bond acceptors (Lipinski definition) is 3. The van der Waals surface area contributed by atoms with Gasteiger partial charge < -0.3 is 19.7 Å². The Labute approximate surface area is 169 Å². The largest absolute Gasteiger partial charge is 0.491 e. The van der Waals surface area contributed by atoms with Crippen LogP contribution in [-0.4, -0.2) is 50.8 Å². The van der Waals surface area contributed by atoms with Gasteiger partial charge in [-0.1, -0.05) is 19.1 Å². The van der Waals surface area contributed by atoms with Gasteiger partial charge in [0.15, 0.2) is 5.96 Å². The summed E-state index contributed by atoms with van der Waals surface area (Å²) in [5.74, 6) is 2.73. The van der Waals surface area contributed by atoms with Gasteiger partial charge in [0.05, 0.1) is 13.2 Å². The number of ether oxygens (including phenoxy) is 2. The van der Waals surface area contributed by atoms with Crippen molar-refractivity contribution in [1.82, 2.24) is 10.2 Å². The van der Waals surface area contributed by atoms with Gasteiger partial charge in [-0.25, -0.2) is 4.99 Å². The third-order valence-corrected chi connectivity index (χ3v) is 4.31. The number of rotatable bonds is 7. The van der Waals surface area contributed by atoms with Crippen molar-refractivity contribution in [2.24, 2.45) is 10.9 Å². The van der Waals surface area contributed by atoms with Gasteiger partial charge in [-0.05, 0) is 43.4 Å². The number of methoxy groups -OCH3 is 1. The monoisotopic (exact) mass is 461 g/mol. The highest BCUT2D eigenvalue weighted by molar-refractivity contribution is 14.0. The smallest absolute Gasteiger partial charge is 0.194 e. The molecule has 0 unspecified atom stereocenters. The van der Waals surface area contributed by atoms with Crippen LogP contribution in [0.4, 0.5) is 0 Å². The van der Waals surface area contributed by atoms with Crippen LogP contribution in [0.3, 0.4) is 0 Å². The number of piperidine rings is 1. The number of nitrogens with one attached hydrogen (secondary N) is 1. The lowest BCUT2D eigenvalue weighted by molar-refractivity contribution is 0.146. The van der Waals surface area contributed by atoms with Crippen molar-refractivity contribution in [2.45, 2.75) is 33.2 Å². The highest BCUT2D eigenvalue weighted by atomic mass is 127. The van der Waals surface area contributed by atoms with E-state index in [0.29, 0.717) is 19.8 Å². The maximum atomic E-state index is 5.59. The second kappa shape index (κ2) is 12.4. The predicted molar refractivity (Wildman–Crippen MR) is 114 cm³/mol. The van der Waals surface area contributed by atoms with Gasteiger partial charge in [0, 0.05) is 26.7 Å². The van der Waals surface area contributed by atoms with E-state index in [1.165, 1.54) is 18.4 Å². The lowest BCUT2D eigenvalue weighted by Gasteiger charge is -2.33. The summed E-state index contributed by atoms with van der Waals surface area (Å²) in [5.41, 5.74) is 1.19. The van der Waals surface area contributed by atoms with Crippen LogP contribution < -0.4 is 10.1 Å². The summed E-state index contributed by atoms with van der Waals surface area (Å²) in [4.78, 5) is 7.19. The third kappa shape index (κ3) is 7.81.